The fourth-order valence-electron chi connectivity index (χ4n) is 3.41. The van der Waals surface area contributed by atoms with Crippen molar-refractivity contribution in [1.82, 2.24) is 30.2 Å². The van der Waals surface area contributed by atoms with Gasteiger partial charge in [-0.1, -0.05) is 5.16 Å². The van der Waals surface area contributed by atoms with E-state index < -0.39 is 0 Å². The highest BCUT2D eigenvalue weighted by atomic mass is 16.5. The Bertz CT molecular complexity index is 920. The smallest absolute Gasteiger partial charge is 0.256 e. The van der Waals surface area contributed by atoms with Gasteiger partial charge in [-0.15, -0.1) is 0 Å². The van der Waals surface area contributed by atoms with Gasteiger partial charge in [0.1, 0.15) is 5.76 Å². The van der Waals surface area contributed by atoms with Gasteiger partial charge in [-0.05, 0) is 32.8 Å². The number of rotatable bonds is 3. The molecule has 0 radical (unpaired) electrons. The van der Waals surface area contributed by atoms with Crippen molar-refractivity contribution in [3.63, 3.8) is 0 Å². The predicted molar refractivity (Wildman–Crippen MR) is 92.0 cm³/mol. The first-order valence-corrected chi connectivity index (χ1v) is 8.48. The largest absolute Gasteiger partial charge is 0.361 e. The predicted octanol–water partition coefficient (Wildman–Crippen LogP) is 2.52. The average Bonchev–Trinajstić information content (AvgIpc) is 3.29. The highest BCUT2D eigenvalue weighted by molar-refractivity contribution is 5.94. The van der Waals surface area contributed by atoms with Gasteiger partial charge in [0, 0.05) is 6.54 Å². The summed E-state index contributed by atoms with van der Waals surface area (Å²) in [6.45, 7) is 4.41. The lowest BCUT2D eigenvalue weighted by Crippen LogP contribution is -2.31. The summed E-state index contributed by atoms with van der Waals surface area (Å²) in [5.74, 6) is 0.642. The van der Waals surface area contributed by atoms with Gasteiger partial charge in [-0.3, -0.25) is 9.78 Å². The van der Waals surface area contributed by atoms with Crippen molar-refractivity contribution in [2.75, 3.05) is 6.54 Å². The van der Waals surface area contributed by atoms with Crippen LogP contribution in [0.3, 0.4) is 0 Å². The van der Waals surface area contributed by atoms with Crippen LogP contribution in [0.15, 0.2) is 35.4 Å². The van der Waals surface area contributed by atoms with E-state index in [1.807, 2.05) is 18.7 Å². The van der Waals surface area contributed by atoms with Crippen LogP contribution < -0.4 is 0 Å². The maximum absolute atomic E-state index is 12.8. The first-order chi connectivity index (χ1) is 12.6. The Morgan fingerprint density at radius 2 is 2.12 bits per heavy atom. The van der Waals surface area contributed by atoms with Crippen LogP contribution in [-0.4, -0.2) is 42.7 Å². The SMILES string of the molecule is Cc1noc(C)c1-c1cncc([C@H]2CCCN2C(=O)c2ccnnc2)n1. The van der Waals surface area contributed by atoms with Crippen molar-refractivity contribution in [1.29, 1.82) is 0 Å². The van der Waals surface area contributed by atoms with Gasteiger partial charge in [0.25, 0.3) is 5.91 Å². The van der Waals surface area contributed by atoms with Gasteiger partial charge in [-0.25, -0.2) is 4.98 Å². The summed E-state index contributed by atoms with van der Waals surface area (Å²) in [5.41, 5.74) is 3.64. The molecule has 8 heteroatoms. The summed E-state index contributed by atoms with van der Waals surface area (Å²) in [6.07, 6.45) is 8.21. The van der Waals surface area contributed by atoms with Crippen LogP contribution in [0.1, 0.15) is 46.4 Å². The van der Waals surface area contributed by atoms with Gasteiger partial charge < -0.3 is 9.42 Å². The molecular weight excluding hydrogens is 332 g/mol. The standard InChI is InChI=1S/C18H18N6O2/c1-11-17(12(2)26-23-11)15-10-19-9-14(22-15)16-4-3-7-24(16)18(25)13-5-6-20-21-8-13/h5-6,8-10,16H,3-4,7H2,1-2H3/t16-/m1/s1. The molecule has 1 saturated heterocycles. The van der Waals surface area contributed by atoms with Crippen LogP contribution in [0.5, 0.6) is 0 Å². The fourth-order valence-corrected chi connectivity index (χ4v) is 3.41. The number of nitrogens with zero attached hydrogens (tertiary/aromatic N) is 6. The molecule has 0 N–H and O–H groups in total. The third kappa shape index (κ3) is 2.83. The molecule has 0 unspecified atom stereocenters. The first kappa shape index (κ1) is 16.3. The molecule has 1 amide bonds. The highest BCUT2D eigenvalue weighted by Crippen LogP contribution is 2.33. The fraction of sp³-hybridized carbons (Fsp3) is 0.333. The Morgan fingerprint density at radius 1 is 1.23 bits per heavy atom. The Labute approximate surface area is 150 Å². The lowest BCUT2D eigenvalue weighted by atomic mass is 10.1. The Balaban J connectivity index is 1.67. The Hall–Kier alpha value is -3.16. The summed E-state index contributed by atoms with van der Waals surface area (Å²) in [6, 6.07) is 1.57. The van der Waals surface area contributed by atoms with Crippen LogP contribution in [-0.2, 0) is 0 Å². The summed E-state index contributed by atoms with van der Waals surface area (Å²) in [5, 5.41) is 11.5. The van der Waals surface area contributed by atoms with Crippen molar-refractivity contribution in [2.24, 2.45) is 0 Å². The van der Waals surface area contributed by atoms with E-state index >= 15 is 0 Å². The van der Waals surface area contributed by atoms with Gasteiger partial charge >= 0.3 is 0 Å². The molecule has 1 atom stereocenters. The molecule has 0 spiro atoms. The molecule has 8 nitrogen and oxygen atoms in total. The molecule has 26 heavy (non-hydrogen) atoms. The number of likely N-dealkylation sites (tertiary alicyclic amines) is 1. The van der Waals surface area contributed by atoms with E-state index in [1.165, 1.54) is 12.4 Å². The van der Waals surface area contributed by atoms with Gasteiger partial charge in [0.2, 0.25) is 0 Å². The molecule has 0 aliphatic carbocycles. The second-order valence-corrected chi connectivity index (χ2v) is 6.32. The third-order valence-corrected chi connectivity index (χ3v) is 4.63. The molecule has 132 valence electrons. The molecule has 3 aromatic heterocycles. The van der Waals surface area contributed by atoms with E-state index in [2.05, 4.69) is 20.3 Å². The number of amides is 1. The number of hydrogen-bond acceptors (Lipinski definition) is 7. The minimum absolute atomic E-state index is 0.0630. The summed E-state index contributed by atoms with van der Waals surface area (Å²) >= 11 is 0. The van der Waals surface area contributed by atoms with E-state index in [9.17, 15) is 4.79 Å². The van der Waals surface area contributed by atoms with Crippen LogP contribution in [0.2, 0.25) is 0 Å². The number of carbonyl (C=O) groups excluding carboxylic acids is 1. The van der Waals surface area contributed by atoms with Crippen LogP contribution in [0.25, 0.3) is 11.3 Å². The molecule has 4 rings (SSSR count). The maximum Gasteiger partial charge on any atom is 0.256 e. The zero-order valence-electron chi connectivity index (χ0n) is 14.6. The molecule has 4 heterocycles. The number of aryl methyl sites for hydroxylation is 2. The minimum atomic E-state index is -0.108. The summed E-state index contributed by atoms with van der Waals surface area (Å²) < 4.78 is 5.24. The third-order valence-electron chi connectivity index (χ3n) is 4.63. The first-order valence-electron chi connectivity index (χ1n) is 8.48. The molecule has 0 bridgehead atoms. The molecule has 1 aliphatic rings. The minimum Gasteiger partial charge on any atom is -0.361 e. The molecular formula is C18H18N6O2. The zero-order chi connectivity index (χ0) is 18.1. The second-order valence-electron chi connectivity index (χ2n) is 6.32. The summed E-state index contributed by atoms with van der Waals surface area (Å²) in [7, 11) is 0. The second kappa shape index (κ2) is 6.62. The van der Waals surface area contributed by atoms with E-state index in [1.54, 1.807) is 18.5 Å². The zero-order valence-corrected chi connectivity index (χ0v) is 14.6. The quantitative estimate of drug-likeness (QED) is 0.716. The van der Waals surface area contributed by atoms with Gasteiger partial charge in [-0.2, -0.15) is 10.2 Å². The van der Waals surface area contributed by atoms with E-state index in [-0.39, 0.29) is 11.9 Å². The lowest BCUT2D eigenvalue weighted by molar-refractivity contribution is 0.0732. The topological polar surface area (TPSA) is 97.9 Å². The number of aromatic nitrogens is 5. The van der Waals surface area contributed by atoms with Crippen molar-refractivity contribution >= 4 is 5.91 Å². The highest BCUT2D eigenvalue weighted by Gasteiger charge is 2.32. The number of hydrogen-bond donors (Lipinski definition) is 0. The number of carbonyl (C=O) groups is 1. The van der Waals surface area contributed by atoms with Crippen molar-refractivity contribution in [2.45, 2.75) is 32.7 Å². The van der Waals surface area contributed by atoms with Crippen molar-refractivity contribution in [3.8, 4) is 11.3 Å². The van der Waals surface area contributed by atoms with Crippen LogP contribution >= 0.6 is 0 Å². The van der Waals surface area contributed by atoms with E-state index in [4.69, 9.17) is 9.51 Å². The van der Waals surface area contributed by atoms with Gasteiger partial charge in [0.05, 0.1) is 59.0 Å². The lowest BCUT2D eigenvalue weighted by Gasteiger charge is -2.24. The Kier molecular flexibility index (Phi) is 4.16. The monoisotopic (exact) mass is 350 g/mol. The van der Waals surface area contributed by atoms with Crippen molar-refractivity contribution < 1.29 is 9.32 Å². The molecule has 0 saturated carbocycles. The van der Waals surface area contributed by atoms with E-state index in [0.717, 1.165) is 29.8 Å². The molecule has 0 aromatic carbocycles. The maximum atomic E-state index is 12.8. The molecule has 1 fully saturated rings. The molecule has 1 aliphatic heterocycles. The summed E-state index contributed by atoms with van der Waals surface area (Å²) in [4.78, 5) is 23.8. The van der Waals surface area contributed by atoms with E-state index in [0.29, 0.717) is 23.6 Å². The van der Waals surface area contributed by atoms with Crippen LogP contribution in [0, 0.1) is 13.8 Å². The Morgan fingerprint density at radius 3 is 2.85 bits per heavy atom. The van der Waals surface area contributed by atoms with Crippen molar-refractivity contribution in [3.05, 3.63) is 53.6 Å². The average molecular weight is 350 g/mol. The molecule has 3 aromatic rings. The van der Waals surface area contributed by atoms with Crippen LogP contribution in [0.4, 0.5) is 0 Å². The normalized spacial score (nSPS) is 16.8. The van der Waals surface area contributed by atoms with Gasteiger partial charge in [0.15, 0.2) is 0 Å².